The molecule has 0 fully saturated rings. The van der Waals surface area contributed by atoms with Crippen LogP contribution in [-0.4, -0.2) is 17.9 Å². The van der Waals surface area contributed by atoms with Gasteiger partial charge < -0.3 is 9.47 Å². The molecule has 0 saturated heterocycles. The number of rotatable bonds is 4. The molecule has 4 rings (SSSR count). The molecule has 1 unspecified atom stereocenters. The molecule has 26 heavy (non-hydrogen) atoms. The molecule has 130 valence electrons. The van der Waals surface area contributed by atoms with Crippen molar-refractivity contribution in [3.05, 3.63) is 83.9 Å². The maximum atomic E-state index is 12.3. The van der Waals surface area contributed by atoms with Crippen LogP contribution in [0.25, 0.3) is 11.1 Å². The summed E-state index contributed by atoms with van der Waals surface area (Å²) in [4.78, 5) is 12.3. The molecule has 5 nitrogen and oxygen atoms in total. The van der Waals surface area contributed by atoms with Crippen LogP contribution in [0.2, 0.25) is 0 Å². The fraction of sp³-hybridized carbons (Fsp3) is 0.0952. The number of carbonyl (C=O) groups excluding carboxylic acids is 1. The average Bonchev–Trinajstić information content (AvgIpc) is 3.17. The molecule has 1 amide bonds. The zero-order valence-electron chi connectivity index (χ0n) is 13.9. The van der Waals surface area contributed by atoms with Crippen molar-refractivity contribution >= 4 is 5.91 Å². The number of hydrogen-bond acceptors (Lipinski definition) is 4. The molecule has 0 spiro atoms. The van der Waals surface area contributed by atoms with Crippen molar-refractivity contribution in [3.63, 3.8) is 0 Å². The molecule has 0 radical (unpaired) electrons. The van der Waals surface area contributed by atoms with Crippen LogP contribution in [0, 0.1) is 0 Å². The monoisotopic (exact) mass is 347 g/mol. The number of carbonyl (C=O) groups is 1. The first-order valence-electron chi connectivity index (χ1n) is 8.25. The van der Waals surface area contributed by atoms with E-state index >= 15 is 0 Å². The van der Waals surface area contributed by atoms with Crippen LogP contribution in [0.5, 0.6) is 11.5 Å². The number of ether oxygens (including phenoxy) is 2. The van der Waals surface area contributed by atoms with Gasteiger partial charge in [0.1, 0.15) is 0 Å². The maximum Gasteiger partial charge on any atom is 0.255 e. The van der Waals surface area contributed by atoms with E-state index in [4.69, 9.17) is 9.47 Å². The molecule has 0 aromatic heterocycles. The van der Waals surface area contributed by atoms with E-state index in [2.05, 4.69) is 0 Å². The summed E-state index contributed by atoms with van der Waals surface area (Å²) in [6.07, 6.45) is 0. The van der Waals surface area contributed by atoms with Crippen molar-refractivity contribution in [3.8, 4) is 22.6 Å². The largest absolute Gasteiger partial charge is 0.454 e. The second-order valence-electron chi connectivity index (χ2n) is 6.01. The number of hydrogen-bond donors (Lipinski definition) is 2. The molecule has 1 aliphatic rings. The van der Waals surface area contributed by atoms with Gasteiger partial charge in [-0.25, -0.2) is 5.48 Å². The fourth-order valence-electron chi connectivity index (χ4n) is 3.18. The Morgan fingerprint density at radius 2 is 1.58 bits per heavy atom. The minimum absolute atomic E-state index is 0.228. The van der Waals surface area contributed by atoms with Crippen molar-refractivity contribution < 1.29 is 19.5 Å². The van der Waals surface area contributed by atoms with Gasteiger partial charge in [0.15, 0.2) is 11.5 Å². The van der Waals surface area contributed by atoms with Crippen molar-refractivity contribution in [1.82, 2.24) is 5.48 Å². The van der Waals surface area contributed by atoms with Gasteiger partial charge in [-0.05, 0) is 34.4 Å². The van der Waals surface area contributed by atoms with E-state index in [1.807, 2.05) is 72.8 Å². The van der Waals surface area contributed by atoms with Crippen LogP contribution in [-0.2, 0) is 4.79 Å². The standard InChI is InChI=1S/C21H17NO4/c23-21(22-24)20(14-5-2-1-3-6-14)17-8-4-7-15(11-17)16-9-10-18-19(12-16)26-13-25-18/h1-12,20,24H,13H2,(H,22,23). The third-order valence-corrected chi connectivity index (χ3v) is 4.43. The number of nitrogens with one attached hydrogen (secondary N) is 1. The fourth-order valence-corrected chi connectivity index (χ4v) is 3.18. The third-order valence-electron chi connectivity index (χ3n) is 4.43. The summed E-state index contributed by atoms with van der Waals surface area (Å²) in [5.41, 5.74) is 5.29. The van der Waals surface area contributed by atoms with Crippen molar-refractivity contribution in [2.45, 2.75) is 5.92 Å². The van der Waals surface area contributed by atoms with Gasteiger partial charge in [0, 0.05) is 0 Å². The lowest BCUT2D eigenvalue weighted by Gasteiger charge is -2.17. The molecule has 1 atom stereocenters. The van der Waals surface area contributed by atoms with E-state index < -0.39 is 11.8 Å². The molecule has 1 aliphatic heterocycles. The molecule has 0 bridgehead atoms. The molecule has 0 saturated carbocycles. The van der Waals surface area contributed by atoms with Gasteiger partial charge in [-0.1, -0.05) is 60.7 Å². The topological polar surface area (TPSA) is 67.8 Å². The van der Waals surface area contributed by atoms with Crippen LogP contribution < -0.4 is 15.0 Å². The smallest absolute Gasteiger partial charge is 0.255 e. The number of amides is 1. The van der Waals surface area contributed by atoms with Gasteiger partial charge in [-0.3, -0.25) is 10.0 Å². The second kappa shape index (κ2) is 6.90. The lowest BCUT2D eigenvalue weighted by atomic mass is 9.89. The van der Waals surface area contributed by atoms with Gasteiger partial charge in [-0.15, -0.1) is 0 Å². The molecule has 0 aliphatic carbocycles. The van der Waals surface area contributed by atoms with Crippen LogP contribution in [0.1, 0.15) is 17.0 Å². The van der Waals surface area contributed by atoms with E-state index in [-0.39, 0.29) is 6.79 Å². The zero-order valence-corrected chi connectivity index (χ0v) is 13.9. The molecule has 3 aromatic rings. The number of hydroxylamine groups is 1. The molecular weight excluding hydrogens is 330 g/mol. The Balaban J connectivity index is 1.75. The highest BCUT2D eigenvalue weighted by Crippen LogP contribution is 2.37. The van der Waals surface area contributed by atoms with E-state index in [1.165, 1.54) is 0 Å². The first-order chi connectivity index (χ1) is 12.8. The molecule has 1 heterocycles. The highest BCUT2D eigenvalue weighted by molar-refractivity contribution is 5.86. The SMILES string of the molecule is O=C(NO)C(c1ccccc1)c1cccc(-c2ccc3c(c2)OCO3)c1. The highest BCUT2D eigenvalue weighted by Gasteiger charge is 2.23. The summed E-state index contributed by atoms with van der Waals surface area (Å²) >= 11 is 0. The van der Waals surface area contributed by atoms with Crippen LogP contribution in [0.3, 0.4) is 0 Å². The van der Waals surface area contributed by atoms with E-state index in [9.17, 15) is 10.0 Å². The zero-order chi connectivity index (χ0) is 17.9. The van der Waals surface area contributed by atoms with Gasteiger partial charge in [0.25, 0.3) is 5.91 Å². The van der Waals surface area contributed by atoms with Crippen LogP contribution >= 0.6 is 0 Å². The predicted molar refractivity (Wildman–Crippen MR) is 96.2 cm³/mol. The average molecular weight is 347 g/mol. The summed E-state index contributed by atoms with van der Waals surface area (Å²) < 4.78 is 10.8. The van der Waals surface area contributed by atoms with E-state index in [0.717, 1.165) is 28.0 Å². The summed E-state index contributed by atoms with van der Waals surface area (Å²) in [6, 6.07) is 22.8. The first-order valence-corrected chi connectivity index (χ1v) is 8.25. The Labute approximate surface area is 150 Å². The van der Waals surface area contributed by atoms with Gasteiger partial charge in [0.2, 0.25) is 6.79 Å². The summed E-state index contributed by atoms with van der Waals surface area (Å²) in [5, 5.41) is 9.19. The summed E-state index contributed by atoms with van der Waals surface area (Å²) in [7, 11) is 0. The van der Waals surface area contributed by atoms with Gasteiger partial charge >= 0.3 is 0 Å². The van der Waals surface area contributed by atoms with Crippen molar-refractivity contribution in [2.24, 2.45) is 0 Å². The first kappa shape index (κ1) is 16.2. The summed E-state index contributed by atoms with van der Waals surface area (Å²) in [6.45, 7) is 0.228. The predicted octanol–water partition coefficient (Wildman–Crippen LogP) is 3.72. The quantitative estimate of drug-likeness (QED) is 0.558. The number of benzene rings is 3. The molecule has 5 heteroatoms. The van der Waals surface area contributed by atoms with Gasteiger partial charge in [0.05, 0.1) is 5.92 Å². The Morgan fingerprint density at radius 3 is 2.38 bits per heavy atom. The van der Waals surface area contributed by atoms with Crippen molar-refractivity contribution in [1.29, 1.82) is 0 Å². The maximum absolute atomic E-state index is 12.3. The Kier molecular flexibility index (Phi) is 4.29. The van der Waals surface area contributed by atoms with Gasteiger partial charge in [-0.2, -0.15) is 0 Å². The van der Waals surface area contributed by atoms with Crippen LogP contribution in [0.15, 0.2) is 72.8 Å². The van der Waals surface area contributed by atoms with E-state index in [0.29, 0.717) is 5.75 Å². The summed E-state index contributed by atoms with van der Waals surface area (Å²) in [5.74, 6) is 0.363. The lowest BCUT2D eigenvalue weighted by Crippen LogP contribution is -2.27. The highest BCUT2D eigenvalue weighted by atomic mass is 16.7. The lowest BCUT2D eigenvalue weighted by molar-refractivity contribution is -0.129. The third kappa shape index (κ3) is 3.00. The number of fused-ring (bicyclic) bond motifs is 1. The normalized spacial score (nSPS) is 13.3. The minimum Gasteiger partial charge on any atom is -0.454 e. The van der Waals surface area contributed by atoms with Crippen molar-refractivity contribution in [2.75, 3.05) is 6.79 Å². The van der Waals surface area contributed by atoms with E-state index in [1.54, 1.807) is 5.48 Å². The Morgan fingerprint density at radius 1 is 0.846 bits per heavy atom. The van der Waals surface area contributed by atoms with Crippen LogP contribution in [0.4, 0.5) is 0 Å². The second-order valence-corrected chi connectivity index (χ2v) is 6.01. The Hall–Kier alpha value is -3.31. The molecule has 3 aromatic carbocycles. The minimum atomic E-state index is -0.602. The Bertz CT molecular complexity index is 940. The molecule has 2 N–H and O–H groups in total. The molecular formula is C21H17NO4.